The average Bonchev–Trinajstić information content (AvgIpc) is 2.81. The molecule has 4 nitrogen and oxygen atoms in total. The molecule has 0 bridgehead atoms. The SMILES string of the molecule is Cc1ccc(/C(Cl)=C(/CC2CCOC2=O)C(=O)O)cc1. The van der Waals surface area contributed by atoms with Crippen molar-refractivity contribution in [1.82, 2.24) is 0 Å². The number of rotatable bonds is 4. The number of aryl methyl sites for hydroxylation is 1. The monoisotopic (exact) mass is 294 g/mol. The fourth-order valence-electron chi connectivity index (χ4n) is 2.11. The minimum Gasteiger partial charge on any atom is -0.478 e. The van der Waals surface area contributed by atoms with Gasteiger partial charge in [0.2, 0.25) is 0 Å². The van der Waals surface area contributed by atoms with E-state index >= 15 is 0 Å². The number of benzene rings is 1. The van der Waals surface area contributed by atoms with Crippen LogP contribution in [0.5, 0.6) is 0 Å². The zero-order valence-electron chi connectivity index (χ0n) is 11.1. The van der Waals surface area contributed by atoms with Crippen LogP contribution >= 0.6 is 11.6 Å². The number of esters is 1. The van der Waals surface area contributed by atoms with Gasteiger partial charge >= 0.3 is 11.9 Å². The Morgan fingerprint density at radius 3 is 2.55 bits per heavy atom. The van der Waals surface area contributed by atoms with Crippen LogP contribution in [0.15, 0.2) is 29.8 Å². The van der Waals surface area contributed by atoms with Gasteiger partial charge in [0.25, 0.3) is 0 Å². The van der Waals surface area contributed by atoms with E-state index in [2.05, 4.69) is 0 Å². The molecule has 0 amide bonds. The third-order valence-electron chi connectivity index (χ3n) is 3.32. The van der Waals surface area contributed by atoms with E-state index in [1.807, 2.05) is 19.1 Å². The van der Waals surface area contributed by atoms with E-state index in [0.29, 0.717) is 18.6 Å². The Morgan fingerprint density at radius 2 is 2.05 bits per heavy atom. The molecular formula is C15H15ClO4. The van der Waals surface area contributed by atoms with E-state index in [0.717, 1.165) is 5.56 Å². The van der Waals surface area contributed by atoms with Gasteiger partial charge in [-0.25, -0.2) is 4.79 Å². The quantitative estimate of drug-likeness (QED) is 0.685. The first-order valence-corrected chi connectivity index (χ1v) is 6.72. The predicted octanol–water partition coefficient (Wildman–Crippen LogP) is 2.98. The molecule has 1 heterocycles. The zero-order valence-corrected chi connectivity index (χ0v) is 11.8. The van der Waals surface area contributed by atoms with Gasteiger partial charge in [-0.1, -0.05) is 41.4 Å². The Balaban J connectivity index is 2.30. The molecule has 2 rings (SSSR count). The molecule has 1 aliphatic heterocycles. The molecule has 20 heavy (non-hydrogen) atoms. The van der Waals surface area contributed by atoms with Crippen LogP contribution < -0.4 is 0 Å². The lowest BCUT2D eigenvalue weighted by Gasteiger charge is -2.10. The fraction of sp³-hybridized carbons (Fsp3) is 0.333. The zero-order chi connectivity index (χ0) is 14.7. The summed E-state index contributed by atoms with van der Waals surface area (Å²) in [6, 6.07) is 7.27. The molecule has 1 fully saturated rings. The third kappa shape index (κ3) is 3.20. The number of carboxylic acid groups (broad SMARTS) is 1. The van der Waals surface area contributed by atoms with Crippen LogP contribution in [0.3, 0.4) is 0 Å². The van der Waals surface area contributed by atoms with Crippen molar-refractivity contribution in [3.8, 4) is 0 Å². The minimum absolute atomic E-state index is 0.0550. The van der Waals surface area contributed by atoms with Gasteiger partial charge < -0.3 is 9.84 Å². The van der Waals surface area contributed by atoms with Crippen molar-refractivity contribution < 1.29 is 19.4 Å². The van der Waals surface area contributed by atoms with E-state index in [1.54, 1.807) is 12.1 Å². The van der Waals surface area contributed by atoms with E-state index in [-0.39, 0.29) is 23.0 Å². The largest absolute Gasteiger partial charge is 0.478 e. The smallest absolute Gasteiger partial charge is 0.333 e. The topological polar surface area (TPSA) is 63.6 Å². The standard InChI is InChI=1S/C15H15ClO4/c1-9-2-4-10(5-3-9)13(16)12(14(17)18)8-11-6-7-20-15(11)19/h2-5,11H,6-8H2,1H3,(H,17,18)/b13-12+. The van der Waals surface area contributed by atoms with Crippen molar-refractivity contribution >= 4 is 28.6 Å². The molecule has 1 saturated heterocycles. The Labute approximate surface area is 122 Å². The van der Waals surface area contributed by atoms with Gasteiger partial charge in [-0.05, 0) is 25.3 Å². The van der Waals surface area contributed by atoms with E-state index in [9.17, 15) is 14.7 Å². The van der Waals surface area contributed by atoms with Crippen molar-refractivity contribution in [2.24, 2.45) is 5.92 Å². The highest BCUT2D eigenvalue weighted by Crippen LogP contribution is 2.30. The molecule has 106 valence electrons. The Kier molecular flexibility index (Phi) is 4.45. The first kappa shape index (κ1) is 14.6. The first-order valence-electron chi connectivity index (χ1n) is 6.34. The maximum absolute atomic E-state index is 11.5. The van der Waals surface area contributed by atoms with Gasteiger partial charge in [-0.2, -0.15) is 0 Å². The highest BCUT2D eigenvalue weighted by atomic mass is 35.5. The summed E-state index contributed by atoms with van der Waals surface area (Å²) in [5.41, 5.74) is 1.76. The summed E-state index contributed by atoms with van der Waals surface area (Å²) >= 11 is 6.19. The summed E-state index contributed by atoms with van der Waals surface area (Å²) in [6.07, 6.45) is 0.633. The number of halogens is 1. The van der Waals surface area contributed by atoms with Crippen molar-refractivity contribution in [3.05, 3.63) is 41.0 Å². The number of ether oxygens (including phenoxy) is 1. The molecule has 1 atom stereocenters. The number of carbonyl (C=O) groups is 2. The highest BCUT2D eigenvalue weighted by Gasteiger charge is 2.30. The van der Waals surface area contributed by atoms with Crippen LogP contribution in [-0.4, -0.2) is 23.7 Å². The van der Waals surface area contributed by atoms with E-state index < -0.39 is 11.9 Å². The van der Waals surface area contributed by atoms with Crippen LogP contribution in [0.2, 0.25) is 0 Å². The first-order chi connectivity index (χ1) is 9.49. The molecule has 1 aromatic carbocycles. The van der Waals surface area contributed by atoms with Gasteiger partial charge in [-0.15, -0.1) is 0 Å². The van der Waals surface area contributed by atoms with Crippen LogP contribution in [0.1, 0.15) is 24.0 Å². The highest BCUT2D eigenvalue weighted by molar-refractivity contribution is 6.50. The van der Waals surface area contributed by atoms with Crippen LogP contribution in [0.25, 0.3) is 5.03 Å². The lowest BCUT2D eigenvalue weighted by atomic mass is 9.96. The summed E-state index contributed by atoms with van der Waals surface area (Å²) in [7, 11) is 0. The molecule has 1 aromatic rings. The summed E-state index contributed by atoms with van der Waals surface area (Å²) in [6.45, 7) is 2.28. The fourth-order valence-corrected chi connectivity index (χ4v) is 2.40. The summed E-state index contributed by atoms with van der Waals surface area (Å²) in [5.74, 6) is -1.87. The van der Waals surface area contributed by atoms with E-state index in [4.69, 9.17) is 16.3 Å². The number of carbonyl (C=O) groups excluding carboxylic acids is 1. The summed E-state index contributed by atoms with van der Waals surface area (Å²) < 4.78 is 4.85. The third-order valence-corrected chi connectivity index (χ3v) is 3.77. The Hall–Kier alpha value is -1.81. The van der Waals surface area contributed by atoms with Gasteiger partial charge in [0.1, 0.15) is 0 Å². The molecule has 0 radical (unpaired) electrons. The lowest BCUT2D eigenvalue weighted by Crippen LogP contribution is -2.13. The second kappa shape index (κ2) is 6.09. The molecular weight excluding hydrogens is 280 g/mol. The molecule has 0 spiro atoms. The number of cyclic esters (lactones) is 1. The number of hydrogen-bond donors (Lipinski definition) is 1. The maximum atomic E-state index is 11.5. The Bertz CT molecular complexity index is 560. The molecule has 0 aromatic heterocycles. The van der Waals surface area contributed by atoms with Crippen molar-refractivity contribution in [2.45, 2.75) is 19.8 Å². The van der Waals surface area contributed by atoms with Crippen molar-refractivity contribution in [1.29, 1.82) is 0 Å². The molecule has 1 N–H and O–H groups in total. The molecule has 0 aliphatic carbocycles. The van der Waals surface area contributed by atoms with E-state index in [1.165, 1.54) is 0 Å². The minimum atomic E-state index is -1.10. The maximum Gasteiger partial charge on any atom is 0.333 e. The normalized spacial score (nSPS) is 19.5. The van der Waals surface area contributed by atoms with Crippen LogP contribution in [0.4, 0.5) is 0 Å². The Morgan fingerprint density at radius 1 is 1.40 bits per heavy atom. The average molecular weight is 295 g/mol. The second-order valence-electron chi connectivity index (χ2n) is 4.82. The van der Waals surface area contributed by atoms with Crippen molar-refractivity contribution in [2.75, 3.05) is 6.61 Å². The molecule has 0 saturated carbocycles. The lowest BCUT2D eigenvalue weighted by molar-refractivity contribution is -0.141. The molecule has 1 unspecified atom stereocenters. The molecule has 1 aliphatic rings. The number of hydrogen-bond acceptors (Lipinski definition) is 3. The van der Waals surface area contributed by atoms with Crippen molar-refractivity contribution in [3.63, 3.8) is 0 Å². The number of carboxylic acids is 1. The van der Waals surface area contributed by atoms with Gasteiger partial charge in [0.15, 0.2) is 0 Å². The van der Waals surface area contributed by atoms with Gasteiger partial charge in [0, 0.05) is 0 Å². The second-order valence-corrected chi connectivity index (χ2v) is 5.20. The molecule has 5 heteroatoms. The van der Waals surface area contributed by atoms with Crippen LogP contribution in [-0.2, 0) is 14.3 Å². The van der Waals surface area contributed by atoms with Gasteiger partial charge in [-0.3, -0.25) is 4.79 Å². The number of aliphatic carboxylic acids is 1. The van der Waals surface area contributed by atoms with Crippen LogP contribution in [0, 0.1) is 12.8 Å². The summed E-state index contributed by atoms with van der Waals surface area (Å²) in [4.78, 5) is 22.8. The van der Waals surface area contributed by atoms with Gasteiger partial charge in [0.05, 0.1) is 23.1 Å². The predicted molar refractivity (Wildman–Crippen MR) is 75.3 cm³/mol. The summed E-state index contributed by atoms with van der Waals surface area (Å²) in [5, 5.41) is 9.49.